The Morgan fingerprint density at radius 1 is 0.609 bits per heavy atom. The van der Waals surface area contributed by atoms with E-state index in [0.717, 1.165) is 27.8 Å². The molecule has 0 heterocycles. The molecule has 11 N–H and O–H groups in total. The highest BCUT2D eigenvalue weighted by molar-refractivity contribution is 6.00. The number of carboxylic acids is 1. The monoisotopic (exact) mass is 1210 g/mol. The van der Waals surface area contributed by atoms with Crippen molar-refractivity contribution in [3.8, 4) is 11.1 Å². The molecule has 0 radical (unpaired) electrons. The third-order valence-corrected chi connectivity index (χ3v) is 15.1. The number of hydrogen-bond acceptors (Lipinski definition) is 14. The van der Waals surface area contributed by atoms with E-state index in [2.05, 4.69) is 42.5 Å². The van der Waals surface area contributed by atoms with Gasteiger partial charge in [-0.05, 0) is 105 Å². The van der Waals surface area contributed by atoms with Crippen molar-refractivity contribution in [2.45, 2.75) is 182 Å². The van der Waals surface area contributed by atoms with E-state index >= 15 is 0 Å². The molecule has 8 amide bonds. The number of fused-ring (bicyclic) bond motifs is 3. The van der Waals surface area contributed by atoms with Gasteiger partial charge in [-0.1, -0.05) is 153 Å². The largest absolute Gasteiger partial charge is 0.480 e. The van der Waals surface area contributed by atoms with E-state index in [4.69, 9.17) is 19.9 Å². The van der Waals surface area contributed by atoms with Gasteiger partial charge in [0.2, 0.25) is 29.5 Å². The number of nitrogens with two attached hydrogens (primary N) is 1. The number of aliphatic carboxylic acids is 1. The molecule has 0 unspecified atom stereocenters. The summed E-state index contributed by atoms with van der Waals surface area (Å²) in [7, 11) is 0. The summed E-state index contributed by atoms with van der Waals surface area (Å²) in [4.78, 5) is 138. The minimum absolute atomic E-state index is 0.0239. The van der Waals surface area contributed by atoms with Crippen molar-refractivity contribution in [1.82, 2.24) is 42.5 Å². The molecule has 0 aliphatic heterocycles. The first-order valence-corrected chi connectivity index (χ1v) is 29.8. The second-order valence-electron chi connectivity index (χ2n) is 23.7. The first-order valence-electron chi connectivity index (χ1n) is 29.8. The molecule has 0 saturated heterocycles. The van der Waals surface area contributed by atoms with Crippen molar-refractivity contribution in [3.63, 3.8) is 0 Å². The van der Waals surface area contributed by atoms with Gasteiger partial charge in [0, 0.05) is 12.5 Å². The lowest BCUT2D eigenvalue weighted by Crippen LogP contribution is -2.63. The topological polar surface area (TPSA) is 341 Å². The second kappa shape index (κ2) is 33.5. The van der Waals surface area contributed by atoms with Gasteiger partial charge in [0.1, 0.15) is 60.3 Å². The number of benzene rings is 3. The third kappa shape index (κ3) is 21.2. The van der Waals surface area contributed by atoms with Crippen LogP contribution in [0.1, 0.15) is 138 Å². The van der Waals surface area contributed by atoms with E-state index < -0.39 is 137 Å². The number of amides is 8. The van der Waals surface area contributed by atoms with Crippen molar-refractivity contribution >= 4 is 59.6 Å². The number of allylic oxidation sites excluding steroid dienone is 1. The van der Waals surface area contributed by atoms with Gasteiger partial charge in [-0.2, -0.15) is 0 Å². The second-order valence-corrected chi connectivity index (χ2v) is 23.7. The summed E-state index contributed by atoms with van der Waals surface area (Å²) < 4.78 is 17.1. The molecule has 0 bridgehead atoms. The summed E-state index contributed by atoms with van der Waals surface area (Å²) in [5, 5.41) is 30.9. The van der Waals surface area contributed by atoms with Crippen LogP contribution in [0.25, 0.3) is 11.1 Å². The van der Waals surface area contributed by atoms with Crippen LogP contribution in [0.3, 0.4) is 0 Å². The van der Waals surface area contributed by atoms with E-state index in [1.807, 2.05) is 54.6 Å². The molecule has 87 heavy (non-hydrogen) atoms. The lowest BCUT2D eigenvalue weighted by Gasteiger charge is -2.32. The van der Waals surface area contributed by atoms with Crippen LogP contribution in [0.5, 0.6) is 0 Å². The van der Waals surface area contributed by atoms with Crippen LogP contribution in [-0.4, -0.2) is 132 Å². The molecule has 4 rings (SSSR count). The van der Waals surface area contributed by atoms with Gasteiger partial charge in [0.05, 0.1) is 6.04 Å². The van der Waals surface area contributed by atoms with E-state index in [9.17, 15) is 53.1 Å². The van der Waals surface area contributed by atoms with Gasteiger partial charge in [-0.3, -0.25) is 28.8 Å². The van der Waals surface area contributed by atoms with Crippen LogP contribution in [0.4, 0.5) is 9.59 Å². The number of ether oxygens (including phenoxy) is 3. The molecule has 10 atom stereocenters. The van der Waals surface area contributed by atoms with Gasteiger partial charge in [-0.25, -0.2) is 19.2 Å². The summed E-state index contributed by atoms with van der Waals surface area (Å²) in [6.45, 7) is 21.0. The molecule has 23 nitrogen and oxygen atoms in total. The SMILES string of the molecule is C/C=C(\NC(=O)[C@@H](N)Cc1ccccc1)C(=O)N[C@H](C(=O)O[C@H](C)[C@@H](NC(=O)[C@H](NC(=O)[C@H](CCCNC(=O)OC(C)(C)C)NC(=O)OCC1c2ccccc2-c2ccccc21)[C@@H](C)CC)C(=O)N[C@@H](C(=O)N[C@@H](C(=O)O)C(C)C)[C@@H](C)CC)C(C)C. The lowest BCUT2D eigenvalue weighted by atomic mass is 9.95. The Balaban J connectivity index is 1.65. The highest BCUT2D eigenvalue weighted by atomic mass is 16.6. The first kappa shape index (κ1) is 71.1. The summed E-state index contributed by atoms with van der Waals surface area (Å²) in [6, 6.07) is 14.7. The Bertz CT molecular complexity index is 2860. The number of hydrogen-bond donors (Lipinski definition) is 10. The summed E-state index contributed by atoms with van der Waals surface area (Å²) in [6.07, 6.45) is -1.09. The molecule has 0 fully saturated rings. The Morgan fingerprint density at radius 2 is 1.10 bits per heavy atom. The Labute approximate surface area is 510 Å². The van der Waals surface area contributed by atoms with Crippen LogP contribution in [0.2, 0.25) is 0 Å². The first-order chi connectivity index (χ1) is 41.0. The molecule has 0 aromatic heterocycles. The van der Waals surface area contributed by atoms with Crippen LogP contribution < -0.4 is 48.3 Å². The predicted octanol–water partition coefficient (Wildman–Crippen LogP) is 5.63. The highest BCUT2D eigenvalue weighted by Crippen LogP contribution is 2.44. The summed E-state index contributed by atoms with van der Waals surface area (Å²) in [5.41, 5.74) is 9.88. The fraction of sp³-hybridized carbons (Fsp3) is 0.531. The molecule has 0 spiro atoms. The highest BCUT2D eigenvalue weighted by Gasteiger charge is 2.40. The number of carboxylic acid groups (broad SMARTS) is 1. The van der Waals surface area contributed by atoms with Gasteiger partial charge in [-0.15, -0.1) is 0 Å². The lowest BCUT2D eigenvalue weighted by molar-refractivity contribution is -0.157. The molecule has 3 aromatic rings. The van der Waals surface area contributed by atoms with Crippen LogP contribution in [0.15, 0.2) is 90.6 Å². The van der Waals surface area contributed by atoms with E-state index in [1.54, 1.807) is 100 Å². The molecular formula is C64H91N9O14. The van der Waals surface area contributed by atoms with Gasteiger partial charge < -0.3 is 67.6 Å². The Hall–Kier alpha value is -8.34. The van der Waals surface area contributed by atoms with Gasteiger partial charge in [0.25, 0.3) is 5.91 Å². The molecule has 0 saturated carbocycles. The molecule has 23 heteroatoms. The summed E-state index contributed by atoms with van der Waals surface area (Å²) in [5.74, 6) is -10.4. The smallest absolute Gasteiger partial charge is 0.407 e. The number of nitrogens with one attached hydrogen (secondary N) is 8. The van der Waals surface area contributed by atoms with E-state index in [1.165, 1.54) is 19.9 Å². The number of carbonyl (C=O) groups is 10. The number of rotatable bonds is 31. The average molecular weight is 1210 g/mol. The fourth-order valence-corrected chi connectivity index (χ4v) is 9.65. The third-order valence-electron chi connectivity index (χ3n) is 15.1. The predicted molar refractivity (Wildman–Crippen MR) is 327 cm³/mol. The quantitative estimate of drug-likeness (QED) is 0.0161. The molecule has 1 aliphatic carbocycles. The Kier molecular flexibility index (Phi) is 27.4. The van der Waals surface area contributed by atoms with Crippen LogP contribution >= 0.6 is 0 Å². The van der Waals surface area contributed by atoms with Crippen molar-refractivity contribution in [2.24, 2.45) is 29.4 Å². The maximum atomic E-state index is 14.9. The van der Waals surface area contributed by atoms with Gasteiger partial charge >= 0.3 is 24.1 Å². The van der Waals surface area contributed by atoms with Crippen LogP contribution in [0, 0.1) is 23.7 Å². The molecule has 1 aliphatic rings. The number of carbonyl (C=O) groups excluding carboxylic acids is 9. The fourth-order valence-electron chi connectivity index (χ4n) is 9.65. The van der Waals surface area contributed by atoms with Crippen molar-refractivity contribution in [3.05, 3.63) is 107 Å². The van der Waals surface area contributed by atoms with Gasteiger partial charge in [0.15, 0.2) is 0 Å². The van der Waals surface area contributed by atoms with E-state index in [0.29, 0.717) is 6.42 Å². The maximum Gasteiger partial charge on any atom is 0.407 e. The normalized spacial score (nSPS) is 15.6. The molecular weight excluding hydrogens is 1120 g/mol. The van der Waals surface area contributed by atoms with E-state index in [-0.39, 0.29) is 50.4 Å². The zero-order valence-corrected chi connectivity index (χ0v) is 52.4. The standard InChI is InChI=1S/C64H91N9O14/c1-14-37(8)51(71-56(76)48(31-24-32-66-62(83)87-64(11,12)13)68-63(84)85-34-45-43-29-22-20-27-41(43)42-28-21-23-30-44(42)45)58(78)73-53(59(79)72-52(38(9)15-2)57(77)69-49(35(4)5)60(80)81)39(10)86-61(82)50(36(6)7)70-55(75)47(16-3)67-54(74)46(65)33-40-25-18-17-19-26-40/h16-23,25-30,35-39,45-46,48-53H,14-15,24,31-34,65H2,1-13H3,(H,66,83)(H,67,74)(H,68,84)(H,69,77)(H,70,75)(H,71,76)(H,72,79)(H,73,78)(H,80,81)/b47-16-/t37-,38-,39+,46-,48-,49+,50-,51+,52+,53+/m0/s1. The zero-order valence-electron chi connectivity index (χ0n) is 52.4. The maximum absolute atomic E-state index is 14.9. The minimum Gasteiger partial charge on any atom is -0.480 e. The summed E-state index contributed by atoms with van der Waals surface area (Å²) >= 11 is 0. The average Bonchev–Trinajstić information content (AvgIpc) is 1.77. The molecule has 3 aromatic carbocycles. The van der Waals surface area contributed by atoms with Crippen molar-refractivity contribution in [1.29, 1.82) is 0 Å². The number of alkyl carbamates (subject to hydrolysis) is 2. The minimum atomic E-state index is -1.83. The zero-order chi connectivity index (χ0) is 64.9. The van der Waals surface area contributed by atoms with Crippen molar-refractivity contribution < 1.29 is 67.3 Å². The Morgan fingerprint density at radius 3 is 1.61 bits per heavy atom. The number of esters is 1. The van der Waals surface area contributed by atoms with Crippen molar-refractivity contribution in [2.75, 3.05) is 13.2 Å². The van der Waals surface area contributed by atoms with Crippen LogP contribution in [-0.2, 0) is 59.0 Å². The molecule has 476 valence electrons.